The average molecular weight is 353 g/mol. The molecule has 0 bridgehead atoms. The van der Waals surface area contributed by atoms with Crippen LogP contribution >= 0.6 is 15.9 Å². The van der Waals surface area contributed by atoms with Crippen LogP contribution in [-0.4, -0.2) is 34.3 Å². The van der Waals surface area contributed by atoms with Crippen LogP contribution in [0.3, 0.4) is 0 Å². The van der Waals surface area contributed by atoms with Crippen LogP contribution in [0.5, 0.6) is 0 Å². The van der Waals surface area contributed by atoms with Gasteiger partial charge in [-0.1, -0.05) is 0 Å². The monoisotopic (exact) mass is 352 g/mol. The van der Waals surface area contributed by atoms with Crippen molar-refractivity contribution in [2.45, 2.75) is 19.9 Å². The molecule has 2 heterocycles. The molecule has 0 amide bonds. The second kappa shape index (κ2) is 6.87. The van der Waals surface area contributed by atoms with Crippen molar-refractivity contribution in [2.75, 3.05) is 13.7 Å². The van der Waals surface area contributed by atoms with E-state index in [4.69, 9.17) is 4.74 Å². The lowest BCUT2D eigenvalue weighted by Crippen LogP contribution is -2.06. The molecule has 0 radical (unpaired) electrons. The number of halogens is 1. The van der Waals surface area contributed by atoms with Crippen LogP contribution in [-0.2, 0) is 11.3 Å². The SMILES string of the molecule is COCCCn1c(C)c(C(=O)O)c(Br)c1-c1cccnc1. The van der Waals surface area contributed by atoms with Crippen molar-refractivity contribution in [3.8, 4) is 11.3 Å². The molecular formula is C15H17BrN2O3. The summed E-state index contributed by atoms with van der Waals surface area (Å²) in [5.74, 6) is -0.935. The number of ether oxygens (including phenoxy) is 1. The third-order valence-corrected chi connectivity index (χ3v) is 4.12. The van der Waals surface area contributed by atoms with Crippen LogP contribution in [0, 0.1) is 6.92 Å². The lowest BCUT2D eigenvalue weighted by atomic mass is 10.2. The smallest absolute Gasteiger partial charge is 0.338 e. The first kappa shape index (κ1) is 15.7. The third kappa shape index (κ3) is 3.16. The molecule has 0 aliphatic carbocycles. The zero-order valence-corrected chi connectivity index (χ0v) is 13.6. The van der Waals surface area contributed by atoms with E-state index in [-0.39, 0.29) is 0 Å². The number of carbonyl (C=O) groups is 1. The minimum atomic E-state index is -0.935. The van der Waals surface area contributed by atoms with E-state index in [1.54, 1.807) is 19.5 Å². The van der Waals surface area contributed by atoms with Gasteiger partial charge in [-0.05, 0) is 41.4 Å². The molecule has 21 heavy (non-hydrogen) atoms. The van der Waals surface area contributed by atoms with E-state index < -0.39 is 5.97 Å². The van der Waals surface area contributed by atoms with Gasteiger partial charge in [-0.25, -0.2) is 4.79 Å². The van der Waals surface area contributed by atoms with E-state index in [0.29, 0.717) is 23.2 Å². The second-order valence-electron chi connectivity index (χ2n) is 4.67. The molecule has 5 nitrogen and oxygen atoms in total. The number of carboxylic acid groups (broad SMARTS) is 1. The van der Waals surface area contributed by atoms with E-state index in [1.807, 2.05) is 23.6 Å². The fraction of sp³-hybridized carbons (Fsp3) is 0.333. The Morgan fingerprint density at radius 1 is 1.52 bits per heavy atom. The summed E-state index contributed by atoms with van der Waals surface area (Å²) in [5.41, 5.74) is 2.75. The Bertz CT molecular complexity index is 638. The summed E-state index contributed by atoms with van der Waals surface area (Å²) in [5, 5.41) is 9.42. The van der Waals surface area contributed by atoms with Gasteiger partial charge in [0.15, 0.2) is 0 Å². The Labute approximate surface area is 131 Å². The first-order chi connectivity index (χ1) is 10.1. The highest BCUT2D eigenvalue weighted by Crippen LogP contribution is 2.35. The number of nitrogens with zero attached hydrogens (tertiary/aromatic N) is 2. The van der Waals surface area contributed by atoms with Gasteiger partial charge in [0.25, 0.3) is 0 Å². The highest BCUT2D eigenvalue weighted by Gasteiger charge is 2.24. The predicted octanol–water partition coefficient (Wildman–Crippen LogP) is 3.36. The van der Waals surface area contributed by atoms with Crippen molar-refractivity contribution in [3.63, 3.8) is 0 Å². The quantitative estimate of drug-likeness (QED) is 0.809. The molecule has 1 N–H and O–H groups in total. The van der Waals surface area contributed by atoms with Crippen molar-refractivity contribution < 1.29 is 14.6 Å². The number of pyridine rings is 1. The molecule has 0 aliphatic rings. The molecular weight excluding hydrogens is 336 g/mol. The molecule has 0 aromatic carbocycles. The lowest BCUT2D eigenvalue weighted by Gasteiger charge is -2.11. The number of carboxylic acids is 1. The van der Waals surface area contributed by atoms with Crippen molar-refractivity contribution in [3.05, 3.63) is 40.3 Å². The maximum absolute atomic E-state index is 11.5. The molecule has 0 spiro atoms. The maximum atomic E-state index is 11.5. The Kier molecular flexibility index (Phi) is 5.14. The van der Waals surface area contributed by atoms with E-state index >= 15 is 0 Å². The van der Waals surface area contributed by atoms with E-state index in [1.165, 1.54) is 0 Å². The normalized spacial score (nSPS) is 10.8. The Morgan fingerprint density at radius 2 is 2.29 bits per heavy atom. The average Bonchev–Trinajstić information content (AvgIpc) is 2.71. The molecule has 0 unspecified atom stereocenters. The zero-order chi connectivity index (χ0) is 15.4. The summed E-state index contributed by atoms with van der Waals surface area (Å²) >= 11 is 3.44. The number of rotatable bonds is 6. The first-order valence-electron chi connectivity index (χ1n) is 6.59. The minimum absolute atomic E-state index is 0.297. The van der Waals surface area contributed by atoms with Crippen LogP contribution in [0.15, 0.2) is 29.0 Å². The summed E-state index contributed by atoms with van der Waals surface area (Å²) in [6.45, 7) is 3.14. The van der Waals surface area contributed by atoms with Crippen molar-refractivity contribution in [1.82, 2.24) is 9.55 Å². The zero-order valence-electron chi connectivity index (χ0n) is 12.0. The van der Waals surface area contributed by atoms with Gasteiger partial charge in [0, 0.05) is 43.9 Å². The van der Waals surface area contributed by atoms with E-state index in [9.17, 15) is 9.90 Å². The summed E-state index contributed by atoms with van der Waals surface area (Å²) in [7, 11) is 1.66. The van der Waals surface area contributed by atoms with Crippen molar-refractivity contribution >= 4 is 21.9 Å². The Morgan fingerprint density at radius 3 is 2.86 bits per heavy atom. The van der Waals surface area contributed by atoms with Crippen LogP contribution in [0.2, 0.25) is 0 Å². The number of hydrogen-bond donors (Lipinski definition) is 1. The standard InChI is InChI=1S/C15H17BrN2O3/c1-10-12(15(19)20)13(16)14(11-5-3-6-17-9-11)18(10)7-4-8-21-2/h3,5-6,9H,4,7-8H2,1-2H3,(H,19,20). The molecule has 112 valence electrons. The van der Waals surface area contributed by atoms with Crippen molar-refractivity contribution in [1.29, 1.82) is 0 Å². The Balaban J connectivity index is 2.55. The predicted molar refractivity (Wildman–Crippen MR) is 83.6 cm³/mol. The van der Waals surface area contributed by atoms with Gasteiger partial charge < -0.3 is 14.4 Å². The van der Waals surface area contributed by atoms with Gasteiger partial charge in [0.05, 0.1) is 15.7 Å². The van der Waals surface area contributed by atoms with Crippen LogP contribution in [0.25, 0.3) is 11.3 Å². The fourth-order valence-electron chi connectivity index (χ4n) is 2.38. The molecule has 0 saturated heterocycles. The van der Waals surface area contributed by atoms with Crippen LogP contribution in [0.4, 0.5) is 0 Å². The topological polar surface area (TPSA) is 64.3 Å². The van der Waals surface area contributed by atoms with E-state index in [2.05, 4.69) is 20.9 Å². The first-order valence-corrected chi connectivity index (χ1v) is 7.38. The van der Waals surface area contributed by atoms with Gasteiger partial charge >= 0.3 is 5.97 Å². The molecule has 0 fully saturated rings. The van der Waals surface area contributed by atoms with Gasteiger partial charge in [0.2, 0.25) is 0 Å². The number of aromatic carboxylic acids is 1. The summed E-state index contributed by atoms with van der Waals surface area (Å²) < 4.78 is 7.68. The summed E-state index contributed by atoms with van der Waals surface area (Å²) in [4.78, 5) is 15.6. The molecule has 2 rings (SSSR count). The highest BCUT2D eigenvalue weighted by atomic mass is 79.9. The number of aromatic nitrogens is 2. The van der Waals surface area contributed by atoms with E-state index in [0.717, 1.165) is 23.4 Å². The van der Waals surface area contributed by atoms with Crippen LogP contribution in [0.1, 0.15) is 22.5 Å². The minimum Gasteiger partial charge on any atom is -0.478 e. The molecule has 6 heteroatoms. The molecule has 2 aromatic heterocycles. The molecule has 0 aliphatic heterocycles. The second-order valence-corrected chi connectivity index (χ2v) is 5.46. The van der Waals surface area contributed by atoms with Gasteiger partial charge in [0.1, 0.15) is 0 Å². The third-order valence-electron chi connectivity index (χ3n) is 3.34. The number of hydrogen-bond acceptors (Lipinski definition) is 3. The maximum Gasteiger partial charge on any atom is 0.338 e. The van der Waals surface area contributed by atoms with Gasteiger partial charge in [-0.2, -0.15) is 0 Å². The molecule has 0 saturated carbocycles. The van der Waals surface area contributed by atoms with Gasteiger partial charge in [-0.15, -0.1) is 0 Å². The molecule has 2 aromatic rings. The largest absolute Gasteiger partial charge is 0.478 e. The molecule has 0 atom stereocenters. The van der Waals surface area contributed by atoms with Crippen molar-refractivity contribution in [2.24, 2.45) is 0 Å². The highest BCUT2D eigenvalue weighted by molar-refractivity contribution is 9.10. The van der Waals surface area contributed by atoms with Crippen LogP contribution < -0.4 is 0 Å². The Hall–Kier alpha value is -1.66. The van der Waals surface area contributed by atoms with Gasteiger partial charge in [-0.3, -0.25) is 4.98 Å². The summed E-state index contributed by atoms with van der Waals surface area (Å²) in [6, 6.07) is 3.76. The number of methoxy groups -OCH3 is 1. The lowest BCUT2D eigenvalue weighted by molar-refractivity contribution is 0.0695. The summed E-state index contributed by atoms with van der Waals surface area (Å²) in [6.07, 6.45) is 4.24. The fourth-order valence-corrected chi connectivity index (χ4v) is 3.28.